The van der Waals surface area contributed by atoms with Gasteiger partial charge < -0.3 is 15.8 Å². The Labute approximate surface area is 186 Å². The Kier molecular flexibility index (Phi) is 6.30. The zero-order chi connectivity index (χ0) is 22.2. The fourth-order valence-corrected chi connectivity index (χ4v) is 3.92. The van der Waals surface area contributed by atoms with Crippen molar-refractivity contribution in [3.8, 4) is 0 Å². The number of carbonyl (C=O) groups excluding carboxylic acids is 4. The molecule has 2 aliphatic rings. The third kappa shape index (κ3) is 4.12. The van der Waals surface area contributed by atoms with E-state index in [4.69, 9.17) is 45.3 Å². The van der Waals surface area contributed by atoms with E-state index in [9.17, 15) is 19.2 Å². The van der Waals surface area contributed by atoms with E-state index in [0.717, 1.165) is 12.8 Å². The predicted octanol–water partition coefficient (Wildman–Crippen LogP) is 2.31. The van der Waals surface area contributed by atoms with Gasteiger partial charge in [0.25, 0.3) is 11.8 Å². The molecule has 162 valence electrons. The summed E-state index contributed by atoms with van der Waals surface area (Å²) in [6.07, 6.45) is 2.55. The molecule has 0 aromatic carbocycles. The number of nitrogens with one attached hydrogen (secondary N) is 2. The first-order chi connectivity index (χ1) is 14.1. The lowest BCUT2D eigenvalue weighted by Gasteiger charge is -2.33. The van der Waals surface area contributed by atoms with E-state index in [1.54, 1.807) is 0 Å². The number of nitrogen functional groups attached to an aromatic ring is 1. The number of amides is 4. The van der Waals surface area contributed by atoms with Gasteiger partial charge in [0.1, 0.15) is 10.6 Å². The van der Waals surface area contributed by atoms with E-state index in [0.29, 0.717) is 23.8 Å². The predicted molar refractivity (Wildman–Crippen MR) is 108 cm³/mol. The molecule has 0 radical (unpaired) electrons. The molecule has 0 unspecified atom stereocenters. The summed E-state index contributed by atoms with van der Waals surface area (Å²) in [5.74, 6) is -2.08. The van der Waals surface area contributed by atoms with Crippen LogP contribution in [0.25, 0.3) is 0 Å². The molecule has 13 heteroatoms. The molecule has 1 spiro atoms. The number of urea groups is 1. The molecule has 1 saturated carbocycles. The maximum absolute atomic E-state index is 12.7. The molecule has 1 aromatic rings. The summed E-state index contributed by atoms with van der Waals surface area (Å²) >= 11 is 17.5. The fraction of sp³-hybridized carbons (Fsp3) is 0.471. The van der Waals surface area contributed by atoms with E-state index in [-0.39, 0.29) is 20.9 Å². The van der Waals surface area contributed by atoms with E-state index >= 15 is 0 Å². The van der Waals surface area contributed by atoms with Crippen LogP contribution in [0.5, 0.6) is 0 Å². The molecule has 30 heavy (non-hydrogen) atoms. The van der Waals surface area contributed by atoms with Gasteiger partial charge in [-0.05, 0) is 31.6 Å². The first-order valence-electron chi connectivity index (χ1n) is 8.99. The van der Waals surface area contributed by atoms with Crippen molar-refractivity contribution in [2.45, 2.75) is 38.1 Å². The van der Waals surface area contributed by atoms with Gasteiger partial charge in [0, 0.05) is 0 Å². The zero-order valence-corrected chi connectivity index (χ0v) is 18.0. The summed E-state index contributed by atoms with van der Waals surface area (Å²) in [6, 6.07) is -0.740. The van der Waals surface area contributed by atoms with Crippen LogP contribution in [-0.2, 0) is 14.3 Å². The quantitative estimate of drug-likeness (QED) is 0.342. The van der Waals surface area contributed by atoms with Crippen molar-refractivity contribution in [3.05, 3.63) is 20.9 Å². The number of aromatic nitrogens is 1. The standard InChI is InChI=1S/C17H18Cl3N5O5/c1-7-2-4-17(5-3-7)15(28)25(16(29)23-17)24-8(26)6-30-14(27)12-9(18)11(21)10(19)13(20)22-12/h7H,2-6H2,1H3,(H2,21,22)(H,23,29)(H,24,26). The van der Waals surface area contributed by atoms with Crippen molar-refractivity contribution in [1.82, 2.24) is 20.7 Å². The van der Waals surface area contributed by atoms with Crippen LogP contribution in [0, 0.1) is 5.92 Å². The fourth-order valence-electron chi connectivity index (χ4n) is 3.34. The SMILES string of the molecule is CC1CCC2(CC1)NC(=O)N(NC(=O)COC(=O)c1nc(Cl)c(Cl)c(N)c1Cl)C2=O. The lowest BCUT2D eigenvalue weighted by molar-refractivity contribution is -0.141. The van der Waals surface area contributed by atoms with Crippen molar-refractivity contribution in [3.63, 3.8) is 0 Å². The van der Waals surface area contributed by atoms with Crippen LogP contribution >= 0.6 is 34.8 Å². The second-order valence-electron chi connectivity index (χ2n) is 7.24. The van der Waals surface area contributed by atoms with Gasteiger partial charge >= 0.3 is 12.0 Å². The number of rotatable bonds is 4. The lowest BCUT2D eigenvalue weighted by atomic mass is 9.77. The van der Waals surface area contributed by atoms with Crippen LogP contribution < -0.4 is 16.5 Å². The minimum absolute atomic E-state index is 0.124. The van der Waals surface area contributed by atoms with Gasteiger partial charge in [0.2, 0.25) is 0 Å². The Morgan fingerprint density at radius 3 is 2.53 bits per heavy atom. The molecule has 2 fully saturated rings. The molecule has 3 rings (SSSR count). The first-order valence-corrected chi connectivity index (χ1v) is 10.1. The van der Waals surface area contributed by atoms with Gasteiger partial charge in [-0.15, -0.1) is 0 Å². The molecule has 1 saturated heterocycles. The highest BCUT2D eigenvalue weighted by atomic mass is 35.5. The number of esters is 1. The largest absolute Gasteiger partial charge is 0.451 e. The smallest absolute Gasteiger partial charge is 0.359 e. The summed E-state index contributed by atoms with van der Waals surface area (Å²) in [5, 5.41) is 2.60. The van der Waals surface area contributed by atoms with Crippen molar-refractivity contribution >= 4 is 64.3 Å². The van der Waals surface area contributed by atoms with Crippen LogP contribution in [0.4, 0.5) is 10.5 Å². The Morgan fingerprint density at radius 2 is 1.90 bits per heavy atom. The summed E-state index contributed by atoms with van der Waals surface area (Å²) in [7, 11) is 0. The van der Waals surface area contributed by atoms with E-state index in [2.05, 4.69) is 22.7 Å². The summed E-state index contributed by atoms with van der Waals surface area (Å²) in [6.45, 7) is 1.27. The molecular formula is C17H18Cl3N5O5. The van der Waals surface area contributed by atoms with Crippen molar-refractivity contribution in [2.75, 3.05) is 12.3 Å². The molecule has 0 atom stereocenters. The van der Waals surface area contributed by atoms with Gasteiger partial charge in [-0.25, -0.2) is 14.6 Å². The topological polar surface area (TPSA) is 144 Å². The second kappa shape index (κ2) is 8.44. The van der Waals surface area contributed by atoms with E-state index < -0.39 is 41.7 Å². The Balaban J connectivity index is 1.61. The summed E-state index contributed by atoms with van der Waals surface area (Å²) < 4.78 is 4.83. The molecule has 10 nitrogen and oxygen atoms in total. The second-order valence-corrected chi connectivity index (χ2v) is 8.35. The molecule has 1 aliphatic heterocycles. The normalized spacial score (nSPS) is 23.5. The summed E-state index contributed by atoms with van der Waals surface area (Å²) in [4.78, 5) is 52.9. The maximum Gasteiger partial charge on any atom is 0.359 e. The van der Waals surface area contributed by atoms with Crippen molar-refractivity contribution in [1.29, 1.82) is 0 Å². The van der Waals surface area contributed by atoms with Gasteiger partial charge in [0.05, 0.1) is 10.7 Å². The highest BCUT2D eigenvalue weighted by molar-refractivity contribution is 6.46. The van der Waals surface area contributed by atoms with Crippen molar-refractivity contribution < 1.29 is 23.9 Å². The lowest BCUT2D eigenvalue weighted by Crippen LogP contribution is -2.52. The number of hydrogen-bond donors (Lipinski definition) is 3. The molecular weight excluding hydrogens is 461 g/mol. The van der Waals surface area contributed by atoms with Crippen LogP contribution in [-0.4, -0.2) is 46.0 Å². The van der Waals surface area contributed by atoms with Gasteiger partial charge in [0.15, 0.2) is 17.5 Å². The number of pyridine rings is 1. The average molecular weight is 479 g/mol. The number of nitrogens with two attached hydrogens (primary N) is 1. The number of nitrogens with zero attached hydrogens (tertiary/aromatic N) is 2. The third-order valence-corrected chi connectivity index (χ3v) is 6.26. The van der Waals surface area contributed by atoms with Gasteiger partial charge in [-0.1, -0.05) is 41.7 Å². The Morgan fingerprint density at radius 1 is 1.27 bits per heavy atom. The zero-order valence-electron chi connectivity index (χ0n) is 15.8. The summed E-state index contributed by atoms with van der Waals surface area (Å²) in [5.41, 5.74) is 6.17. The third-order valence-electron chi connectivity index (χ3n) is 5.13. The van der Waals surface area contributed by atoms with E-state index in [1.807, 2.05) is 0 Å². The minimum Gasteiger partial charge on any atom is -0.451 e. The molecule has 2 heterocycles. The first kappa shape index (κ1) is 22.4. The number of halogens is 3. The van der Waals surface area contributed by atoms with Crippen molar-refractivity contribution in [2.24, 2.45) is 5.92 Å². The van der Waals surface area contributed by atoms with Crippen LogP contribution in [0.15, 0.2) is 0 Å². The highest BCUT2D eigenvalue weighted by Crippen LogP contribution is 2.36. The number of anilines is 1. The minimum atomic E-state index is -1.09. The highest BCUT2D eigenvalue weighted by Gasteiger charge is 2.52. The van der Waals surface area contributed by atoms with Crippen LogP contribution in [0.1, 0.15) is 43.1 Å². The Bertz CT molecular complexity index is 933. The maximum atomic E-state index is 12.7. The number of imide groups is 1. The number of hydrogen-bond acceptors (Lipinski definition) is 7. The van der Waals surface area contributed by atoms with Gasteiger partial charge in [-0.2, -0.15) is 5.01 Å². The molecule has 0 bridgehead atoms. The van der Waals surface area contributed by atoms with Crippen LogP contribution in [0.2, 0.25) is 15.2 Å². The number of hydrazine groups is 1. The average Bonchev–Trinajstić information content (AvgIpc) is 2.93. The Hall–Kier alpha value is -2.30. The van der Waals surface area contributed by atoms with Gasteiger partial charge in [-0.3, -0.25) is 15.0 Å². The number of carbonyl (C=O) groups is 4. The molecule has 4 N–H and O–H groups in total. The van der Waals surface area contributed by atoms with E-state index in [1.165, 1.54) is 0 Å². The number of ether oxygens (including phenoxy) is 1. The molecule has 4 amide bonds. The van der Waals surface area contributed by atoms with Crippen LogP contribution in [0.3, 0.4) is 0 Å². The molecule has 1 aliphatic carbocycles. The molecule has 1 aromatic heterocycles. The monoisotopic (exact) mass is 477 g/mol.